The van der Waals surface area contributed by atoms with Gasteiger partial charge in [-0.3, -0.25) is 0 Å². The van der Waals surface area contributed by atoms with Crippen LogP contribution in [0.15, 0.2) is 36.7 Å². The molecule has 1 aromatic heterocycles. The van der Waals surface area contributed by atoms with E-state index in [1.54, 1.807) is 0 Å². The lowest BCUT2D eigenvalue weighted by atomic mass is 9.79. The van der Waals surface area contributed by atoms with E-state index in [2.05, 4.69) is 9.97 Å². The fraction of sp³-hybridized carbons (Fsp3) is 0.375. The Hall–Kier alpha value is -1.63. The molecule has 7 heteroatoms. The molecule has 1 aliphatic heterocycles. The normalized spacial score (nSPS) is 18.9. The van der Waals surface area contributed by atoms with E-state index in [0.717, 1.165) is 5.46 Å². The van der Waals surface area contributed by atoms with Crippen molar-refractivity contribution in [2.24, 2.45) is 0 Å². The topological polar surface area (TPSA) is 53.5 Å². The van der Waals surface area contributed by atoms with Crippen LogP contribution >= 0.6 is 11.6 Å². The molecule has 23 heavy (non-hydrogen) atoms. The lowest BCUT2D eigenvalue weighted by molar-refractivity contribution is 0.00578. The molecule has 0 saturated carbocycles. The predicted octanol–water partition coefficient (Wildman–Crippen LogP) is 3.22. The van der Waals surface area contributed by atoms with E-state index >= 15 is 0 Å². The molecule has 2 aromatic rings. The molecule has 0 spiro atoms. The summed E-state index contributed by atoms with van der Waals surface area (Å²) >= 11 is 5.75. The number of aromatic nitrogens is 2. The Morgan fingerprint density at radius 1 is 0.957 bits per heavy atom. The molecular formula is C16H18BClN2O3. The van der Waals surface area contributed by atoms with Gasteiger partial charge >= 0.3 is 13.1 Å². The summed E-state index contributed by atoms with van der Waals surface area (Å²) in [4.78, 5) is 7.99. The van der Waals surface area contributed by atoms with Gasteiger partial charge in [-0.05, 0) is 45.3 Å². The largest absolute Gasteiger partial charge is 0.494 e. The zero-order chi connectivity index (χ0) is 16.7. The Kier molecular flexibility index (Phi) is 4.08. The van der Waals surface area contributed by atoms with Gasteiger partial charge in [0.2, 0.25) is 0 Å². The number of benzene rings is 1. The molecule has 0 unspecified atom stereocenters. The van der Waals surface area contributed by atoms with E-state index in [1.165, 1.54) is 12.4 Å². The molecule has 5 nitrogen and oxygen atoms in total. The van der Waals surface area contributed by atoms with Crippen LogP contribution < -0.4 is 10.2 Å². The van der Waals surface area contributed by atoms with Crippen molar-refractivity contribution in [3.8, 4) is 11.8 Å². The van der Waals surface area contributed by atoms with Gasteiger partial charge in [0, 0.05) is 0 Å². The molecule has 1 aromatic carbocycles. The van der Waals surface area contributed by atoms with Crippen LogP contribution in [0.3, 0.4) is 0 Å². The maximum Gasteiger partial charge on any atom is 0.494 e. The molecular weight excluding hydrogens is 314 g/mol. The van der Waals surface area contributed by atoms with Crippen molar-refractivity contribution in [3.05, 3.63) is 41.7 Å². The highest BCUT2D eigenvalue weighted by molar-refractivity contribution is 6.62. The fourth-order valence-corrected chi connectivity index (χ4v) is 2.23. The summed E-state index contributed by atoms with van der Waals surface area (Å²) in [6.07, 6.45) is 2.98. The number of halogens is 1. The Morgan fingerprint density at radius 3 is 2.00 bits per heavy atom. The Bertz CT molecular complexity index is 673. The zero-order valence-electron chi connectivity index (χ0n) is 13.5. The van der Waals surface area contributed by atoms with Gasteiger partial charge in [-0.25, -0.2) is 9.97 Å². The van der Waals surface area contributed by atoms with Gasteiger partial charge in [-0.1, -0.05) is 23.7 Å². The standard InChI is InChI=1S/C16H18BClN2O3/c1-15(2)16(3,4)23-17(22-15)11-5-7-13(8-6-11)21-14-19-9-12(18)10-20-14/h5-10H,1-4H3. The van der Waals surface area contributed by atoms with Crippen molar-refractivity contribution in [3.63, 3.8) is 0 Å². The second kappa shape index (κ2) is 5.78. The van der Waals surface area contributed by atoms with Crippen molar-refractivity contribution < 1.29 is 14.0 Å². The SMILES string of the molecule is CC1(C)OB(c2ccc(Oc3ncc(Cl)cn3)cc2)OC1(C)C. The van der Waals surface area contributed by atoms with Crippen LogP contribution in [0.25, 0.3) is 0 Å². The van der Waals surface area contributed by atoms with E-state index < -0.39 is 0 Å². The minimum Gasteiger partial charge on any atom is -0.424 e. The van der Waals surface area contributed by atoms with E-state index in [1.807, 2.05) is 52.0 Å². The number of nitrogens with zero attached hydrogens (tertiary/aromatic N) is 2. The Morgan fingerprint density at radius 2 is 1.48 bits per heavy atom. The third-order valence-corrected chi connectivity index (χ3v) is 4.41. The molecule has 2 heterocycles. The third kappa shape index (κ3) is 3.34. The highest BCUT2D eigenvalue weighted by atomic mass is 35.5. The summed E-state index contributed by atoms with van der Waals surface area (Å²) in [5.41, 5.74) is 0.224. The lowest BCUT2D eigenvalue weighted by Crippen LogP contribution is -2.41. The molecule has 0 N–H and O–H groups in total. The molecule has 120 valence electrons. The monoisotopic (exact) mass is 332 g/mol. The minimum absolute atomic E-state index is 0.248. The molecule has 1 saturated heterocycles. The molecule has 0 aliphatic carbocycles. The van der Waals surface area contributed by atoms with Gasteiger partial charge in [0.25, 0.3) is 0 Å². The van der Waals surface area contributed by atoms with Crippen molar-refractivity contribution >= 4 is 24.2 Å². The second-order valence-electron chi connectivity index (χ2n) is 6.44. The third-order valence-electron chi connectivity index (χ3n) is 4.21. The first kappa shape index (κ1) is 16.2. The quantitative estimate of drug-likeness (QED) is 0.808. The van der Waals surface area contributed by atoms with Gasteiger partial charge in [-0.15, -0.1) is 0 Å². The highest BCUT2D eigenvalue weighted by Gasteiger charge is 2.51. The fourth-order valence-electron chi connectivity index (χ4n) is 2.13. The van der Waals surface area contributed by atoms with Crippen LogP contribution in [0.1, 0.15) is 27.7 Å². The van der Waals surface area contributed by atoms with Gasteiger partial charge in [0.15, 0.2) is 0 Å². The van der Waals surface area contributed by atoms with Crippen molar-refractivity contribution in [1.29, 1.82) is 0 Å². The maximum atomic E-state index is 6.02. The molecule has 0 radical (unpaired) electrons. The molecule has 0 bridgehead atoms. The van der Waals surface area contributed by atoms with Crippen LogP contribution in [0, 0.1) is 0 Å². The van der Waals surface area contributed by atoms with E-state index in [9.17, 15) is 0 Å². The molecule has 1 aliphatic rings. The number of ether oxygens (including phenoxy) is 1. The summed E-state index contributed by atoms with van der Waals surface area (Å²) in [6, 6.07) is 7.73. The summed E-state index contributed by atoms with van der Waals surface area (Å²) in [6.45, 7) is 8.12. The second-order valence-corrected chi connectivity index (χ2v) is 6.88. The van der Waals surface area contributed by atoms with Crippen molar-refractivity contribution in [2.45, 2.75) is 38.9 Å². The summed E-state index contributed by atoms with van der Waals surface area (Å²) < 4.78 is 17.6. The minimum atomic E-state index is -0.388. The molecule has 0 amide bonds. The van der Waals surface area contributed by atoms with E-state index in [0.29, 0.717) is 10.8 Å². The van der Waals surface area contributed by atoms with Crippen LogP contribution in [0.2, 0.25) is 5.02 Å². The summed E-state index contributed by atoms with van der Waals surface area (Å²) in [5, 5.41) is 0.466. The first-order valence-electron chi connectivity index (χ1n) is 7.38. The number of hydrogen-bond acceptors (Lipinski definition) is 5. The average Bonchev–Trinajstić information content (AvgIpc) is 2.71. The number of rotatable bonds is 3. The molecule has 1 fully saturated rings. The van der Waals surface area contributed by atoms with Gasteiger partial charge < -0.3 is 14.0 Å². The predicted molar refractivity (Wildman–Crippen MR) is 89.3 cm³/mol. The summed E-state index contributed by atoms with van der Waals surface area (Å²) in [7, 11) is -0.388. The highest BCUT2D eigenvalue weighted by Crippen LogP contribution is 2.36. The smallest absolute Gasteiger partial charge is 0.424 e. The van der Waals surface area contributed by atoms with Crippen molar-refractivity contribution in [2.75, 3.05) is 0 Å². The summed E-state index contributed by atoms with van der Waals surface area (Å²) in [5.74, 6) is 0.632. The Labute approximate surface area is 141 Å². The van der Waals surface area contributed by atoms with Crippen LogP contribution in [0.5, 0.6) is 11.8 Å². The lowest BCUT2D eigenvalue weighted by Gasteiger charge is -2.32. The van der Waals surface area contributed by atoms with Gasteiger partial charge in [-0.2, -0.15) is 0 Å². The van der Waals surface area contributed by atoms with Crippen LogP contribution in [-0.4, -0.2) is 28.3 Å². The zero-order valence-corrected chi connectivity index (χ0v) is 14.3. The first-order chi connectivity index (χ1) is 10.8. The van der Waals surface area contributed by atoms with Gasteiger partial charge in [0.05, 0.1) is 28.6 Å². The molecule has 3 rings (SSSR count). The van der Waals surface area contributed by atoms with Gasteiger partial charge in [0.1, 0.15) is 5.75 Å². The van der Waals surface area contributed by atoms with E-state index in [4.69, 9.17) is 25.6 Å². The van der Waals surface area contributed by atoms with E-state index in [-0.39, 0.29) is 24.3 Å². The average molecular weight is 333 g/mol. The molecule has 0 atom stereocenters. The number of hydrogen-bond donors (Lipinski definition) is 0. The first-order valence-corrected chi connectivity index (χ1v) is 7.76. The maximum absolute atomic E-state index is 6.02. The van der Waals surface area contributed by atoms with Crippen LogP contribution in [0.4, 0.5) is 0 Å². The Balaban J connectivity index is 1.72. The van der Waals surface area contributed by atoms with Crippen molar-refractivity contribution in [1.82, 2.24) is 9.97 Å². The van der Waals surface area contributed by atoms with Crippen LogP contribution in [-0.2, 0) is 9.31 Å².